The van der Waals surface area contributed by atoms with Gasteiger partial charge in [-0.3, -0.25) is 0 Å². The highest BCUT2D eigenvalue weighted by Gasteiger charge is 2.28. The molecule has 0 aromatic carbocycles. The second-order valence-electron chi connectivity index (χ2n) is 5.09. The van der Waals surface area contributed by atoms with Crippen LogP contribution in [0.25, 0.3) is 0 Å². The van der Waals surface area contributed by atoms with Gasteiger partial charge in [0, 0.05) is 17.4 Å². The minimum atomic E-state index is 0.0535. The van der Waals surface area contributed by atoms with Crippen LogP contribution in [0, 0.1) is 0 Å². The number of oxime groups is 1. The average molecular weight is 221 g/mol. The van der Waals surface area contributed by atoms with Crippen molar-refractivity contribution in [2.45, 2.75) is 51.9 Å². The molecule has 0 fully saturated rings. The van der Waals surface area contributed by atoms with Crippen LogP contribution in [0.2, 0.25) is 0 Å². The summed E-state index contributed by atoms with van der Waals surface area (Å²) in [7, 11) is 0. The molecule has 0 bridgehead atoms. The van der Waals surface area contributed by atoms with Crippen molar-refractivity contribution in [3.8, 4) is 0 Å². The zero-order chi connectivity index (χ0) is 11.8. The van der Waals surface area contributed by atoms with Gasteiger partial charge >= 0.3 is 0 Å². The molecule has 1 N–H and O–H groups in total. The highest BCUT2D eigenvalue weighted by Crippen LogP contribution is 2.33. The van der Waals surface area contributed by atoms with Crippen molar-refractivity contribution in [2.75, 3.05) is 0 Å². The van der Waals surface area contributed by atoms with Gasteiger partial charge in [0.25, 0.3) is 0 Å². The number of nitrogens with zero attached hydrogens (tertiary/aromatic N) is 1. The van der Waals surface area contributed by atoms with Gasteiger partial charge in [-0.15, -0.1) is 0 Å². The molecule has 0 amide bonds. The molecule has 3 nitrogen and oxygen atoms in total. The Hall–Kier alpha value is -1.25. The number of furan rings is 1. The van der Waals surface area contributed by atoms with Gasteiger partial charge < -0.3 is 9.62 Å². The lowest BCUT2D eigenvalue weighted by atomic mass is 9.86. The van der Waals surface area contributed by atoms with Crippen LogP contribution in [0.5, 0.6) is 0 Å². The predicted molar refractivity (Wildman–Crippen MR) is 63.3 cm³/mol. The van der Waals surface area contributed by atoms with Crippen LogP contribution >= 0.6 is 0 Å². The molecule has 0 saturated heterocycles. The Morgan fingerprint density at radius 1 is 1.44 bits per heavy atom. The molecular formula is C13H19NO2. The molecule has 2 rings (SSSR count). The molecule has 16 heavy (non-hydrogen) atoms. The number of rotatable bonds is 2. The van der Waals surface area contributed by atoms with E-state index in [1.165, 1.54) is 0 Å². The van der Waals surface area contributed by atoms with Crippen LogP contribution < -0.4 is 0 Å². The van der Waals surface area contributed by atoms with Crippen LogP contribution in [-0.4, -0.2) is 10.9 Å². The third-order valence-corrected chi connectivity index (χ3v) is 3.61. The van der Waals surface area contributed by atoms with Gasteiger partial charge in [0.2, 0.25) is 0 Å². The Morgan fingerprint density at radius 3 is 2.81 bits per heavy atom. The van der Waals surface area contributed by atoms with E-state index in [1.54, 1.807) is 0 Å². The SMILES string of the molecule is CCC(C)(C)c1cc2c(o1)CCC/C2=N/O. The minimum Gasteiger partial charge on any atom is -0.465 e. The summed E-state index contributed by atoms with van der Waals surface area (Å²) < 4.78 is 5.90. The normalized spacial score (nSPS) is 18.8. The first-order valence-corrected chi connectivity index (χ1v) is 5.93. The minimum absolute atomic E-state index is 0.0535. The van der Waals surface area contributed by atoms with Crippen molar-refractivity contribution < 1.29 is 9.62 Å². The molecule has 1 aromatic rings. The number of hydrogen-bond acceptors (Lipinski definition) is 3. The Balaban J connectivity index is 2.44. The lowest BCUT2D eigenvalue weighted by Gasteiger charge is -2.19. The summed E-state index contributed by atoms with van der Waals surface area (Å²) in [6.45, 7) is 6.50. The van der Waals surface area contributed by atoms with E-state index in [2.05, 4.69) is 25.9 Å². The molecule has 0 atom stereocenters. The maximum Gasteiger partial charge on any atom is 0.113 e. The third kappa shape index (κ3) is 1.75. The molecule has 88 valence electrons. The highest BCUT2D eigenvalue weighted by molar-refractivity contribution is 6.02. The molecule has 0 aliphatic heterocycles. The first kappa shape index (κ1) is 11.2. The van der Waals surface area contributed by atoms with E-state index < -0.39 is 0 Å². The quantitative estimate of drug-likeness (QED) is 0.613. The molecule has 3 heteroatoms. The maximum absolute atomic E-state index is 8.95. The fourth-order valence-corrected chi connectivity index (χ4v) is 2.02. The molecule has 1 heterocycles. The standard InChI is InChI=1S/C13H19NO2/c1-4-13(2,3)12-8-9-10(14-15)6-5-7-11(9)16-12/h8,15H,4-7H2,1-3H3/b14-10-. The highest BCUT2D eigenvalue weighted by atomic mass is 16.4. The number of fused-ring (bicyclic) bond motifs is 1. The maximum atomic E-state index is 8.95. The lowest BCUT2D eigenvalue weighted by Crippen LogP contribution is -2.14. The smallest absolute Gasteiger partial charge is 0.113 e. The van der Waals surface area contributed by atoms with Crippen molar-refractivity contribution in [3.63, 3.8) is 0 Å². The Bertz CT molecular complexity index is 416. The molecule has 1 aromatic heterocycles. The van der Waals surface area contributed by atoms with Gasteiger partial charge in [-0.2, -0.15) is 0 Å². The Morgan fingerprint density at radius 2 is 2.19 bits per heavy atom. The van der Waals surface area contributed by atoms with E-state index in [9.17, 15) is 0 Å². The van der Waals surface area contributed by atoms with E-state index >= 15 is 0 Å². The fourth-order valence-electron chi connectivity index (χ4n) is 2.02. The van der Waals surface area contributed by atoms with Gasteiger partial charge in [-0.05, 0) is 25.3 Å². The summed E-state index contributed by atoms with van der Waals surface area (Å²) in [5.74, 6) is 1.98. The third-order valence-electron chi connectivity index (χ3n) is 3.61. The molecule has 0 spiro atoms. The summed E-state index contributed by atoms with van der Waals surface area (Å²) in [6, 6.07) is 2.05. The molecule has 0 unspecified atom stereocenters. The van der Waals surface area contributed by atoms with Crippen LogP contribution in [0.15, 0.2) is 15.6 Å². The van der Waals surface area contributed by atoms with Crippen molar-refractivity contribution in [1.82, 2.24) is 0 Å². The lowest BCUT2D eigenvalue weighted by molar-refractivity contribution is 0.316. The van der Waals surface area contributed by atoms with E-state index in [0.717, 1.165) is 48.5 Å². The molecule has 1 aliphatic carbocycles. The van der Waals surface area contributed by atoms with Gasteiger partial charge in [-0.1, -0.05) is 25.9 Å². The van der Waals surface area contributed by atoms with E-state index in [4.69, 9.17) is 9.62 Å². The zero-order valence-electron chi connectivity index (χ0n) is 10.2. The van der Waals surface area contributed by atoms with Crippen LogP contribution in [0.3, 0.4) is 0 Å². The van der Waals surface area contributed by atoms with Crippen LogP contribution in [0.4, 0.5) is 0 Å². The molecule has 0 saturated carbocycles. The summed E-state index contributed by atoms with van der Waals surface area (Å²) in [5.41, 5.74) is 1.83. The van der Waals surface area contributed by atoms with Crippen LogP contribution in [0.1, 0.15) is 57.1 Å². The van der Waals surface area contributed by atoms with Gasteiger partial charge in [0.05, 0.1) is 5.71 Å². The first-order valence-electron chi connectivity index (χ1n) is 5.93. The van der Waals surface area contributed by atoms with Crippen molar-refractivity contribution in [2.24, 2.45) is 5.16 Å². The average Bonchev–Trinajstić information content (AvgIpc) is 2.73. The Kier molecular flexibility index (Phi) is 2.78. The van der Waals surface area contributed by atoms with Gasteiger partial charge in [0.15, 0.2) is 0 Å². The topological polar surface area (TPSA) is 45.7 Å². The molecular weight excluding hydrogens is 202 g/mol. The van der Waals surface area contributed by atoms with Crippen molar-refractivity contribution in [3.05, 3.63) is 23.2 Å². The van der Waals surface area contributed by atoms with Crippen molar-refractivity contribution >= 4 is 5.71 Å². The molecule has 1 aliphatic rings. The second kappa shape index (κ2) is 3.96. The van der Waals surface area contributed by atoms with E-state index in [1.807, 2.05) is 6.07 Å². The summed E-state index contributed by atoms with van der Waals surface area (Å²) in [6.07, 6.45) is 3.83. The second-order valence-corrected chi connectivity index (χ2v) is 5.09. The largest absolute Gasteiger partial charge is 0.465 e. The van der Waals surface area contributed by atoms with E-state index in [-0.39, 0.29) is 5.41 Å². The van der Waals surface area contributed by atoms with Crippen molar-refractivity contribution in [1.29, 1.82) is 0 Å². The first-order chi connectivity index (χ1) is 7.58. The summed E-state index contributed by atoms with van der Waals surface area (Å²) in [5, 5.41) is 12.3. The predicted octanol–water partition coefficient (Wildman–Crippen LogP) is 3.48. The van der Waals surface area contributed by atoms with Gasteiger partial charge in [0.1, 0.15) is 11.5 Å². The number of aryl methyl sites for hydroxylation is 1. The van der Waals surface area contributed by atoms with E-state index in [0.29, 0.717) is 0 Å². The van der Waals surface area contributed by atoms with Gasteiger partial charge in [-0.25, -0.2) is 0 Å². The Labute approximate surface area is 96.1 Å². The molecule has 0 radical (unpaired) electrons. The zero-order valence-corrected chi connectivity index (χ0v) is 10.2. The monoisotopic (exact) mass is 221 g/mol. The fraction of sp³-hybridized carbons (Fsp3) is 0.615. The van der Waals surface area contributed by atoms with Crippen LogP contribution in [-0.2, 0) is 11.8 Å². The summed E-state index contributed by atoms with van der Waals surface area (Å²) >= 11 is 0. The number of hydrogen-bond donors (Lipinski definition) is 1. The summed E-state index contributed by atoms with van der Waals surface area (Å²) in [4.78, 5) is 0.